The molecule has 0 radical (unpaired) electrons. The molecule has 0 bridgehead atoms. The number of hydrogen-bond donors (Lipinski definition) is 0. The second-order valence-electron chi connectivity index (χ2n) is 4.63. The second kappa shape index (κ2) is 6.47. The molecule has 1 atom stereocenters. The van der Waals surface area contributed by atoms with Gasteiger partial charge in [-0.15, -0.1) is 0 Å². The van der Waals surface area contributed by atoms with Crippen molar-refractivity contribution in [2.75, 3.05) is 33.8 Å². The summed E-state index contributed by atoms with van der Waals surface area (Å²) in [4.78, 5) is 26.8. The number of urea groups is 1. The van der Waals surface area contributed by atoms with Gasteiger partial charge in [0.1, 0.15) is 0 Å². The quantitative estimate of drug-likeness (QED) is 0.702. The summed E-state index contributed by atoms with van der Waals surface area (Å²) in [6.07, 6.45) is 2.52. The molecule has 5 nitrogen and oxygen atoms in total. The van der Waals surface area contributed by atoms with Crippen molar-refractivity contribution in [3.63, 3.8) is 0 Å². The molecule has 5 heteroatoms. The van der Waals surface area contributed by atoms with E-state index < -0.39 is 0 Å². The van der Waals surface area contributed by atoms with Crippen molar-refractivity contribution in [1.29, 1.82) is 0 Å². The monoisotopic (exact) mass is 242 g/mol. The number of carbonyl (C=O) groups excluding carboxylic acids is 2. The normalized spacial score (nSPS) is 19.9. The van der Waals surface area contributed by atoms with Gasteiger partial charge in [0.05, 0.1) is 12.5 Å². The van der Waals surface area contributed by atoms with Crippen LogP contribution in [0.2, 0.25) is 0 Å². The van der Waals surface area contributed by atoms with Crippen LogP contribution in [0.3, 0.4) is 0 Å². The van der Waals surface area contributed by atoms with Crippen LogP contribution in [0.25, 0.3) is 0 Å². The molecule has 0 aromatic carbocycles. The predicted octanol–water partition coefficient (Wildman–Crippen LogP) is 1.33. The lowest BCUT2D eigenvalue weighted by molar-refractivity contribution is -0.150. The van der Waals surface area contributed by atoms with E-state index in [0.717, 1.165) is 25.8 Å². The molecule has 1 saturated heterocycles. The number of piperidine rings is 1. The Morgan fingerprint density at radius 3 is 2.71 bits per heavy atom. The Balaban J connectivity index is 2.48. The van der Waals surface area contributed by atoms with Gasteiger partial charge in [-0.05, 0) is 19.3 Å². The van der Waals surface area contributed by atoms with Crippen molar-refractivity contribution in [3.05, 3.63) is 0 Å². The molecule has 1 fully saturated rings. The van der Waals surface area contributed by atoms with Crippen molar-refractivity contribution < 1.29 is 14.3 Å². The first kappa shape index (κ1) is 13.8. The number of likely N-dealkylation sites (tertiary alicyclic amines) is 1. The highest BCUT2D eigenvalue weighted by molar-refractivity contribution is 5.77. The lowest BCUT2D eigenvalue weighted by Crippen LogP contribution is -2.46. The van der Waals surface area contributed by atoms with E-state index in [-0.39, 0.29) is 17.9 Å². The van der Waals surface area contributed by atoms with Crippen molar-refractivity contribution in [2.45, 2.75) is 26.2 Å². The van der Waals surface area contributed by atoms with Gasteiger partial charge in [0.25, 0.3) is 0 Å². The molecule has 98 valence electrons. The Morgan fingerprint density at radius 2 is 2.12 bits per heavy atom. The van der Waals surface area contributed by atoms with Crippen molar-refractivity contribution in [1.82, 2.24) is 9.80 Å². The molecule has 1 rings (SSSR count). The van der Waals surface area contributed by atoms with Crippen LogP contribution in [0.15, 0.2) is 0 Å². The summed E-state index contributed by atoms with van der Waals surface area (Å²) in [6.45, 7) is 3.65. The smallest absolute Gasteiger partial charge is 0.319 e. The Hall–Kier alpha value is -1.26. The molecule has 0 N–H and O–H groups in total. The van der Waals surface area contributed by atoms with Crippen LogP contribution in [-0.4, -0.2) is 55.6 Å². The van der Waals surface area contributed by atoms with Gasteiger partial charge in [0.15, 0.2) is 0 Å². The summed E-state index contributed by atoms with van der Waals surface area (Å²) in [5, 5.41) is 0. The summed E-state index contributed by atoms with van der Waals surface area (Å²) >= 11 is 0. The molecular formula is C12H22N2O3. The molecule has 0 aliphatic carbocycles. The van der Waals surface area contributed by atoms with Gasteiger partial charge < -0.3 is 14.5 Å². The number of rotatable bonds is 3. The Bertz CT molecular complexity index is 279. The van der Waals surface area contributed by atoms with E-state index in [1.165, 1.54) is 0 Å². The summed E-state index contributed by atoms with van der Waals surface area (Å²) in [5.41, 5.74) is 0. The topological polar surface area (TPSA) is 49.9 Å². The number of nitrogens with zero attached hydrogens (tertiary/aromatic N) is 2. The predicted molar refractivity (Wildman–Crippen MR) is 64.6 cm³/mol. The third kappa shape index (κ3) is 3.91. The molecule has 1 aliphatic rings. The van der Waals surface area contributed by atoms with Gasteiger partial charge >= 0.3 is 12.0 Å². The van der Waals surface area contributed by atoms with Crippen LogP contribution in [-0.2, 0) is 9.53 Å². The molecule has 0 spiro atoms. The minimum atomic E-state index is -0.164. The van der Waals surface area contributed by atoms with E-state index in [9.17, 15) is 9.59 Å². The molecule has 1 heterocycles. The lowest BCUT2D eigenvalue weighted by Gasteiger charge is -2.33. The van der Waals surface area contributed by atoms with Crippen molar-refractivity contribution in [2.24, 2.45) is 5.92 Å². The molecule has 0 saturated carbocycles. The summed E-state index contributed by atoms with van der Waals surface area (Å²) in [5.74, 6) is -0.317. The van der Waals surface area contributed by atoms with Gasteiger partial charge in [0, 0.05) is 27.2 Å². The first-order chi connectivity index (χ1) is 8.06. The first-order valence-corrected chi connectivity index (χ1v) is 6.19. The minimum Gasteiger partial charge on any atom is -0.465 e. The number of ether oxygens (including phenoxy) is 1. The second-order valence-corrected chi connectivity index (χ2v) is 4.63. The first-order valence-electron chi connectivity index (χ1n) is 6.19. The van der Waals surface area contributed by atoms with E-state index in [1.807, 2.05) is 6.92 Å². The van der Waals surface area contributed by atoms with Crippen LogP contribution < -0.4 is 0 Å². The fraction of sp³-hybridized carbons (Fsp3) is 0.833. The minimum absolute atomic E-state index is 0.0296. The number of amides is 2. The largest absolute Gasteiger partial charge is 0.465 e. The highest BCUT2D eigenvalue weighted by Crippen LogP contribution is 2.18. The maximum Gasteiger partial charge on any atom is 0.319 e. The highest BCUT2D eigenvalue weighted by Gasteiger charge is 2.29. The van der Waals surface area contributed by atoms with Crippen LogP contribution in [0, 0.1) is 5.92 Å². The van der Waals surface area contributed by atoms with E-state index in [4.69, 9.17) is 4.74 Å². The summed E-state index contributed by atoms with van der Waals surface area (Å²) < 4.78 is 5.13. The molecule has 17 heavy (non-hydrogen) atoms. The third-order valence-corrected chi connectivity index (χ3v) is 2.86. The zero-order chi connectivity index (χ0) is 12.8. The zero-order valence-corrected chi connectivity index (χ0v) is 10.9. The standard InChI is InChI=1S/C12H22N2O3/c1-4-8-17-11(15)10-6-5-7-14(9-10)12(16)13(2)3/h10H,4-9H2,1-3H3. The average Bonchev–Trinajstić information content (AvgIpc) is 2.35. The maximum absolute atomic E-state index is 11.8. The highest BCUT2D eigenvalue weighted by atomic mass is 16.5. The molecular weight excluding hydrogens is 220 g/mol. The van der Waals surface area contributed by atoms with Crippen LogP contribution in [0.5, 0.6) is 0 Å². The van der Waals surface area contributed by atoms with E-state index in [0.29, 0.717) is 13.2 Å². The number of hydrogen-bond acceptors (Lipinski definition) is 3. The van der Waals surface area contributed by atoms with E-state index >= 15 is 0 Å². The molecule has 1 aliphatic heterocycles. The van der Waals surface area contributed by atoms with E-state index in [1.54, 1.807) is 23.9 Å². The fourth-order valence-corrected chi connectivity index (χ4v) is 1.95. The average molecular weight is 242 g/mol. The third-order valence-electron chi connectivity index (χ3n) is 2.86. The summed E-state index contributed by atoms with van der Waals surface area (Å²) in [7, 11) is 3.45. The van der Waals surface area contributed by atoms with Gasteiger partial charge in [-0.2, -0.15) is 0 Å². The molecule has 0 aromatic rings. The van der Waals surface area contributed by atoms with Crippen LogP contribution >= 0.6 is 0 Å². The van der Waals surface area contributed by atoms with Crippen molar-refractivity contribution >= 4 is 12.0 Å². The maximum atomic E-state index is 11.8. The van der Waals surface area contributed by atoms with Crippen LogP contribution in [0.1, 0.15) is 26.2 Å². The van der Waals surface area contributed by atoms with Crippen molar-refractivity contribution in [3.8, 4) is 0 Å². The number of carbonyl (C=O) groups is 2. The molecule has 1 unspecified atom stereocenters. The molecule has 0 aromatic heterocycles. The Kier molecular flexibility index (Phi) is 5.25. The van der Waals surface area contributed by atoms with Gasteiger partial charge in [-0.1, -0.05) is 6.92 Å². The van der Waals surface area contributed by atoms with Gasteiger partial charge in [-0.3, -0.25) is 4.79 Å². The van der Waals surface area contributed by atoms with Gasteiger partial charge in [-0.25, -0.2) is 4.79 Å². The lowest BCUT2D eigenvalue weighted by atomic mass is 9.98. The van der Waals surface area contributed by atoms with Gasteiger partial charge in [0.2, 0.25) is 0 Å². The Labute approximate surface area is 103 Å². The van der Waals surface area contributed by atoms with E-state index in [2.05, 4.69) is 0 Å². The Morgan fingerprint density at radius 1 is 1.41 bits per heavy atom. The summed E-state index contributed by atoms with van der Waals surface area (Å²) in [6, 6.07) is -0.0296. The SMILES string of the molecule is CCCOC(=O)C1CCCN(C(=O)N(C)C)C1. The fourth-order valence-electron chi connectivity index (χ4n) is 1.95. The molecule has 2 amide bonds. The van der Waals surface area contributed by atoms with Crippen LogP contribution in [0.4, 0.5) is 4.79 Å². The number of esters is 1. The zero-order valence-electron chi connectivity index (χ0n) is 10.9.